The van der Waals surface area contributed by atoms with Gasteiger partial charge < -0.3 is 15.7 Å². The van der Waals surface area contributed by atoms with Crippen molar-refractivity contribution in [2.45, 2.75) is 36.8 Å². The number of halogens is 4. The van der Waals surface area contributed by atoms with E-state index in [-0.39, 0.29) is 21.0 Å². The topological polar surface area (TPSA) is 95.5 Å². The van der Waals surface area contributed by atoms with Crippen LogP contribution in [0.3, 0.4) is 0 Å². The van der Waals surface area contributed by atoms with Crippen LogP contribution >= 0.6 is 58.2 Å². The van der Waals surface area contributed by atoms with Gasteiger partial charge in [0.25, 0.3) is 5.91 Å². The molecule has 0 bridgehead atoms. The first-order valence-electron chi connectivity index (χ1n) is 11.0. The van der Waals surface area contributed by atoms with E-state index in [1.807, 2.05) is 24.3 Å². The number of hydrogen-bond acceptors (Lipinski definition) is 4. The number of carbonyl (C=O) groups excluding carboxylic acids is 2. The number of nitrogens with one attached hydrogen (secondary N) is 2. The molecule has 2 amide bonds. The fourth-order valence-corrected chi connectivity index (χ4v) is 5.29. The molecule has 0 aliphatic carbocycles. The van der Waals surface area contributed by atoms with Gasteiger partial charge in [-0.05, 0) is 48.7 Å². The van der Waals surface area contributed by atoms with Crippen LogP contribution in [0.2, 0.25) is 20.1 Å². The van der Waals surface area contributed by atoms with Crippen LogP contribution in [0.25, 0.3) is 0 Å². The highest BCUT2D eigenvalue weighted by Gasteiger charge is 2.29. The zero-order chi connectivity index (χ0) is 27.4. The second-order valence-corrected chi connectivity index (χ2v) is 11.2. The van der Waals surface area contributed by atoms with E-state index in [2.05, 4.69) is 24.5 Å². The molecule has 11 heteroatoms. The highest BCUT2D eigenvalue weighted by Crippen LogP contribution is 2.42. The number of carboxylic acid groups (broad SMARTS) is 1. The molecule has 0 aliphatic rings. The molecule has 3 N–H and O–H groups in total. The fourth-order valence-electron chi connectivity index (χ4n) is 3.34. The summed E-state index contributed by atoms with van der Waals surface area (Å²) < 4.78 is 0. The molecule has 37 heavy (non-hydrogen) atoms. The SMILES string of the molecule is CC(Sc1cccc(NC(=O)c2c(Cl)c(Cl)c(Cl)c(Cl)c2C(=O)O)c1)C(=O)Nc1ccc(C(C)C)cc1. The maximum atomic E-state index is 13.0. The first-order valence-corrected chi connectivity index (χ1v) is 13.4. The van der Waals surface area contributed by atoms with Crippen LogP contribution in [-0.2, 0) is 4.79 Å². The average molecular weight is 600 g/mol. The minimum absolute atomic E-state index is 0.180. The quantitative estimate of drug-likeness (QED) is 0.137. The van der Waals surface area contributed by atoms with E-state index in [1.165, 1.54) is 17.3 Å². The highest BCUT2D eigenvalue weighted by molar-refractivity contribution is 8.00. The second-order valence-electron chi connectivity index (χ2n) is 8.32. The Morgan fingerprint density at radius 3 is 1.95 bits per heavy atom. The molecule has 0 heterocycles. The van der Waals surface area contributed by atoms with Gasteiger partial charge in [-0.1, -0.05) is 78.5 Å². The summed E-state index contributed by atoms with van der Waals surface area (Å²) in [6.07, 6.45) is 0. The largest absolute Gasteiger partial charge is 0.478 e. The van der Waals surface area contributed by atoms with E-state index in [9.17, 15) is 19.5 Å². The number of thioether (sulfide) groups is 1. The lowest BCUT2D eigenvalue weighted by Crippen LogP contribution is -2.22. The van der Waals surface area contributed by atoms with Gasteiger partial charge in [0.1, 0.15) is 0 Å². The zero-order valence-electron chi connectivity index (χ0n) is 19.9. The first-order chi connectivity index (χ1) is 17.4. The molecular formula is C26H22Cl4N2O4S. The van der Waals surface area contributed by atoms with E-state index in [0.29, 0.717) is 22.2 Å². The number of carbonyl (C=O) groups is 3. The highest BCUT2D eigenvalue weighted by atomic mass is 35.5. The molecule has 0 aromatic heterocycles. The predicted molar refractivity (Wildman–Crippen MR) is 152 cm³/mol. The molecule has 1 atom stereocenters. The maximum Gasteiger partial charge on any atom is 0.338 e. The van der Waals surface area contributed by atoms with Gasteiger partial charge in [-0.2, -0.15) is 0 Å². The Labute approximate surface area is 238 Å². The summed E-state index contributed by atoms with van der Waals surface area (Å²) >= 11 is 25.5. The number of anilines is 2. The summed E-state index contributed by atoms with van der Waals surface area (Å²) in [5.41, 5.74) is 1.26. The van der Waals surface area contributed by atoms with Crippen molar-refractivity contribution in [1.29, 1.82) is 0 Å². The van der Waals surface area contributed by atoms with Gasteiger partial charge in [0.2, 0.25) is 5.91 Å². The third kappa shape index (κ3) is 6.92. The van der Waals surface area contributed by atoms with Crippen LogP contribution < -0.4 is 10.6 Å². The lowest BCUT2D eigenvalue weighted by atomic mass is 10.0. The van der Waals surface area contributed by atoms with Crippen molar-refractivity contribution >= 4 is 87.3 Å². The van der Waals surface area contributed by atoms with Gasteiger partial charge in [0.05, 0.1) is 36.5 Å². The van der Waals surface area contributed by atoms with E-state index in [4.69, 9.17) is 46.4 Å². The summed E-state index contributed by atoms with van der Waals surface area (Å²) in [6.45, 7) is 5.97. The van der Waals surface area contributed by atoms with Crippen LogP contribution in [0.4, 0.5) is 11.4 Å². The molecule has 194 valence electrons. The summed E-state index contributed by atoms with van der Waals surface area (Å²) in [7, 11) is 0. The van der Waals surface area contributed by atoms with E-state index in [1.54, 1.807) is 31.2 Å². The van der Waals surface area contributed by atoms with Crippen molar-refractivity contribution in [3.63, 3.8) is 0 Å². The maximum absolute atomic E-state index is 13.0. The van der Waals surface area contributed by atoms with Gasteiger partial charge in [-0.25, -0.2) is 4.79 Å². The molecule has 0 fully saturated rings. The fraction of sp³-hybridized carbons (Fsp3) is 0.192. The number of aromatic carboxylic acids is 1. The number of benzene rings is 3. The first kappa shape index (κ1) is 29.1. The minimum Gasteiger partial charge on any atom is -0.478 e. The van der Waals surface area contributed by atoms with Crippen molar-refractivity contribution in [3.8, 4) is 0 Å². The Balaban J connectivity index is 1.74. The summed E-state index contributed by atoms with van der Waals surface area (Å²) in [4.78, 5) is 38.2. The summed E-state index contributed by atoms with van der Waals surface area (Å²) in [6, 6.07) is 14.4. The molecule has 0 saturated heterocycles. The number of hydrogen-bond donors (Lipinski definition) is 3. The van der Waals surface area contributed by atoms with Crippen molar-refractivity contribution in [2.75, 3.05) is 10.6 Å². The lowest BCUT2D eigenvalue weighted by molar-refractivity contribution is -0.115. The normalized spacial score (nSPS) is 11.8. The summed E-state index contributed by atoms with van der Waals surface area (Å²) in [5.74, 6) is -2.10. The van der Waals surface area contributed by atoms with Gasteiger partial charge in [-0.15, -0.1) is 11.8 Å². The van der Waals surface area contributed by atoms with Crippen molar-refractivity contribution < 1.29 is 19.5 Å². The average Bonchev–Trinajstić information content (AvgIpc) is 2.84. The number of amides is 2. The van der Waals surface area contributed by atoms with Gasteiger partial charge in [0, 0.05) is 16.3 Å². The molecule has 0 spiro atoms. The van der Waals surface area contributed by atoms with Crippen LogP contribution in [0.15, 0.2) is 53.4 Å². The smallest absolute Gasteiger partial charge is 0.338 e. The standard InChI is InChI=1S/C26H22Cl4N2O4S/c1-12(2)14-7-9-15(10-8-14)31-24(33)13(3)37-17-6-4-5-16(11-17)32-25(34)18-19(26(35)36)21(28)23(30)22(29)20(18)27/h4-13H,1-3H3,(H,31,33)(H,32,34)(H,35,36). The van der Waals surface area contributed by atoms with Crippen molar-refractivity contribution in [3.05, 3.63) is 85.3 Å². The Kier molecular flexibility index (Phi) is 9.78. The predicted octanol–water partition coefficient (Wildman–Crippen LogP) is 8.49. The Morgan fingerprint density at radius 2 is 1.38 bits per heavy atom. The second kappa shape index (κ2) is 12.4. The van der Waals surface area contributed by atoms with Crippen LogP contribution in [0.1, 0.15) is 53.0 Å². The third-order valence-corrected chi connectivity index (χ3v) is 8.22. The zero-order valence-corrected chi connectivity index (χ0v) is 23.7. The Morgan fingerprint density at radius 1 is 0.784 bits per heavy atom. The van der Waals surface area contributed by atoms with Crippen LogP contribution in [0, 0.1) is 0 Å². The molecule has 0 aliphatic heterocycles. The molecule has 3 aromatic carbocycles. The molecule has 3 rings (SSSR count). The monoisotopic (exact) mass is 598 g/mol. The molecule has 0 radical (unpaired) electrons. The molecular weight excluding hydrogens is 578 g/mol. The van der Waals surface area contributed by atoms with E-state index in [0.717, 1.165) is 0 Å². The van der Waals surface area contributed by atoms with Crippen molar-refractivity contribution in [2.24, 2.45) is 0 Å². The van der Waals surface area contributed by atoms with Gasteiger partial charge in [-0.3, -0.25) is 9.59 Å². The number of rotatable bonds is 8. The van der Waals surface area contributed by atoms with Gasteiger partial charge >= 0.3 is 5.97 Å². The minimum atomic E-state index is -1.49. The molecule has 1 unspecified atom stereocenters. The van der Waals surface area contributed by atoms with Crippen molar-refractivity contribution in [1.82, 2.24) is 0 Å². The van der Waals surface area contributed by atoms with Crippen LogP contribution in [-0.4, -0.2) is 28.1 Å². The Hall–Kier alpha value is -2.42. The molecule has 0 saturated carbocycles. The third-order valence-electron chi connectivity index (χ3n) is 5.33. The van der Waals surface area contributed by atoms with E-state index < -0.39 is 33.3 Å². The van der Waals surface area contributed by atoms with Gasteiger partial charge in [0.15, 0.2) is 0 Å². The van der Waals surface area contributed by atoms with Crippen LogP contribution in [0.5, 0.6) is 0 Å². The molecule has 6 nitrogen and oxygen atoms in total. The lowest BCUT2D eigenvalue weighted by Gasteiger charge is -2.15. The molecule has 3 aromatic rings. The summed E-state index contributed by atoms with van der Waals surface area (Å²) in [5, 5.41) is 13.4. The number of carboxylic acids is 1. The van der Waals surface area contributed by atoms with E-state index >= 15 is 0 Å². The Bertz CT molecular complexity index is 1360.